The third kappa shape index (κ3) is 3.58. The average molecular weight is 261 g/mol. The third-order valence-electron chi connectivity index (χ3n) is 3.48. The molecule has 1 aromatic carbocycles. The maximum Gasteiger partial charge on any atom is 0.246 e. The molecule has 0 bridgehead atoms. The number of hydrogen-bond acceptors (Lipinski definition) is 3. The Morgan fingerprint density at radius 2 is 2.05 bits per heavy atom. The van der Waals surface area contributed by atoms with E-state index in [9.17, 15) is 9.90 Å². The van der Waals surface area contributed by atoms with Gasteiger partial charge in [0.1, 0.15) is 5.75 Å². The van der Waals surface area contributed by atoms with Gasteiger partial charge < -0.3 is 15.1 Å². The first-order valence-corrected chi connectivity index (χ1v) is 6.50. The van der Waals surface area contributed by atoms with Gasteiger partial charge in [0.05, 0.1) is 6.10 Å². The molecule has 4 heteroatoms. The van der Waals surface area contributed by atoms with Crippen LogP contribution in [-0.4, -0.2) is 40.2 Å². The second-order valence-corrected chi connectivity index (χ2v) is 5.04. The first-order valence-electron chi connectivity index (χ1n) is 6.50. The maximum absolute atomic E-state index is 12.0. The first kappa shape index (κ1) is 13.6. The molecule has 1 aromatic rings. The zero-order valence-electron chi connectivity index (χ0n) is 11.0. The molecule has 0 aromatic heterocycles. The summed E-state index contributed by atoms with van der Waals surface area (Å²) in [5.74, 6) is 0.300. The molecule has 2 rings (SSSR count). The van der Waals surface area contributed by atoms with E-state index in [0.717, 1.165) is 5.56 Å². The predicted octanol–water partition coefficient (Wildman–Crippen LogP) is 1.63. The minimum absolute atomic E-state index is 0.0353. The Labute approximate surface area is 113 Å². The van der Waals surface area contributed by atoms with E-state index in [4.69, 9.17) is 5.11 Å². The molecule has 1 heterocycles. The molecule has 1 aliphatic rings. The Kier molecular flexibility index (Phi) is 4.22. The standard InChI is InChI=1S/C15H19NO3/c1-11-10-16(9-8-14(11)18)15(19)7-4-12-2-5-13(17)6-3-12/h2-7,11,14,17-18H,8-10H2,1H3/b7-4+. The van der Waals surface area contributed by atoms with Crippen molar-refractivity contribution in [2.75, 3.05) is 13.1 Å². The van der Waals surface area contributed by atoms with Gasteiger partial charge in [-0.05, 0) is 36.1 Å². The van der Waals surface area contributed by atoms with E-state index in [1.54, 1.807) is 35.2 Å². The number of amides is 1. The van der Waals surface area contributed by atoms with Gasteiger partial charge in [0.15, 0.2) is 0 Å². The summed E-state index contributed by atoms with van der Waals surface area (Å²) in [4.78, 5) is 13.8. The van der Waals surface area contributed by atoms with Crippen LogP contribution in [0.2, 0.25) is 0 Å². The summed E-state index contributed by atoms with van der Waals surface area (Å²) in [5.41, 5.74) is 0.872. The lowest BCUT2D eigenvalue weighted by atomic mass is 9.97. The minimum Gasteiger partial charge on any atom is -0.508 e. The summed E-state index contributed by atoms with van der Waals surface area (Å²) in [6.45, 7) is 3.15. The fourth-order valence-corrected chi connectivity index (χ4v) is 2.19. The van der Waals surface area contributed by atoms with Gasteiger partial charge in [-0.2, -0.15) is 0 Å². The van der Waals surface area contributed by atoms with E-state index in [1.807, 2.05) is 6.92 Å². The van der Waals surface area contributed by atoms with Crippen LogP contribution >= 0.6 is 0 Å². The van der Waals surface area contributed by atoms with Crippen molar-refractivity contribution in [1.82, 2.24) is 4.90 Å². The van der Waals surface area contributed by atoms with Gasteiger partial charge in [-0.15, -0.1) is 0 Å². The lowest BCUT2D eigenvalue weighted by molar-refractivity contribution is -0.129. The summed E-state index contributed by atoms with van der Waals surface area (Å²) in [5, 5.41) is 18.8. The van der Waals surface area contributed by atoms with Crippen LogP contribution in [0.4, 0.5) is 0 Å². The van der Waals surface area contributed by atoms with Crippen LogP contribution in [0.3, 0.4) is 0 Å². The number of hydrogen-bond donors (Lipinski definition) is 2. The van der Waals surface area contributed by atoms with Crippen LogP contribution in [0.25, 0.3) is 6.08 Å². The van der Waals surface area contributed by atoms with E-state index in [0.29, 0.717) is 19.5 Å². The highest BCUT2D eigenvalue weighted by molar-refractivity contribution is 5.91. The van der Waals surface area contributed by atoms with Gasteiger partial charge >= 0.3 is 0 Å². The number of aliphatic hydroxyl groups is 1. The molecular formula is C15H19NO3. The molecule has 102 valence electrons. The number of nitrogens with zero attached hydrogens (tertiary/aromatic N) is 1. The Bertz CT molecular complexity index is 467. The molecule has 0 saturated carbocycles. The number of aromatic hydroxyl groups is 1. The molecule has 1 amide bonds. The molecular weight excluding hydrogens is 242 g/mol. The van der Waals surface area contributed by atoms with Crippen LogP contribution in [0.5, 0.6) is 5.75 Å². The zero-order chi connectivity index (χ0) is 13.8. The minimum atomic E-state index is -0.301. The quantitative estimate of drug-likeness (QED) is 0.796. The topological polar surface area (TPSA) is 60.8 Å². The van der Waals surface area contributed by atoms with Crippen LogP contribution in [0.1, 0.15) is 18.9 Å². The van der Waals surface area contributed by atoms with Gasteiger partial charge in [0.2, 0.25) is 5.91 Å². The molecule has 4 nitrogen and oxygen atoms in total. The predicted molar refractivity (Wildman–Crippen MR) is 73.5 cm³/mol. The van der Waals surface area contributed by atoms with Crippen LogP contribution in [-0.2, 0) is 4.79 Å². The summed E-state index contributed by atoms with van der Waals surface area (Å²) >= 11 is 0. The van der Waals surface area contributed by atoms with E-state index < -0.39 is 0 Å². The Morgan fingerprint density at radius 1 is 1.37 bits per heavy atom. The number of carbonyl (C=O) groups is 1. The SMILES string of the molecule is CC1CN(C(=O)/C=C/c2ccc(O)cc2)CCC1O. The first-order chi connectivity index (χ1) is 9.06. The van der Waals surface area contributed by atoms with Crippen molar-refractivity contribution in [3.8, 4) is 5.75 Å². The number of likely N-dealkylation sites (tertiary alicyclic amines) is 1. The monoisotopic (exact) mass is 261 g/mol. The fraction of sp³-hybridized carbons (Fsp3) is 0.400. The molecule has 2 N–H and O–H groups in total. The van der Waals surface area contributed by atoms with Gasteiger partial charge in [0, 0.05) is 19.2 Å². The van der Waals surface area contributed by atoms with Crippen molar-refractivity contribution >= 4 is 12.0 Å². The normalized spacial score (nSPS) is 23.8. The lowest BCUT2D eigenvalue weighted by Crippen LogP contribution is -2.44. The summed E-state index contributed by atoms with van der Waals surface area (Å²) in [6.07, 6.45) is 3.61. The maximum atomic E-state index is 12.0. The number of phenolic OH excluding ortho intramolecular Hbond substituents is 1. The highest BCUT2D eigenvalue weighted by Gasteiger charge is 2.25. The van der Waals surface area contributed by atoms with Crippen LogP contribution in [0, 0.1) is 5.92 Å². The van der Waals surface area contributed by atoms with Crippen LogP contribution < -0.4 is 0 Å². The van der Waals surface area contributed by atoms with Crippen molar-refractivity contribution < 1.29 is 15.0 Å². The van der Waals surface area contributed by atoms with Crippen molar-refractivity contribution in [1.29, 1.82) is 0 Å². The highest BCUT2D eigenvalue weighted by Crippen LogP contribution is 2.17. The highest BCUT2D eigenvalue weighted by atomic mass is 16.3. The van der Waals surface area contributed by atoms with Gasteiger partial charge in [0.25, 0.3) is 0 Å². The summed E-state index contributed by atoms with van der Waals surface area (Å²) < 4.78 is 0. The molecule has 1 saturated heterocycles. The summed E-state index contributed by atoms with van der Waals surface area (Å²) in [6, 6.07) is 6.68. The number of aliphatic hydroxyl groups excluding tert-OH is 1. The zero-order valence-corrected chi connectivity index (χ0v) is 11.0. The molecule has 19 heavy (non-hydrogen) atoms. The Hall–Kier alpha value is -1.81. The second-order valence-electron chi connectivity index (χ2n) is 5.04. The lowest BCUT2D eigenvalue weighted by Gasteiger charge is -2.33. The van der Waals surface area contributed by atoms with Crippen molar-refractivity contribution in [3.05, 3.63) is 35.9 Å². The third-order valence-corrected chi connectivity index (χ3v) is 3.48. The van der Waals surface area contributed by atoms with Gasteiger partial charge in [-0.25, -0.2) is 0 Å². The van der Waals surface area contributed by atoms with E-state index in [-0.39, 0.29) is 23.7 Å². The van der Waals surface area contributed by atoms with E-state index in [1.165, 1.54) is 6.08 Å². The Morgan fingerprint density at radius 3 is 2.68 bits per heavy atom. The smallest absolute Gasteiger partial charge is 0.246 e. The number of benzene rings is 1. The molecule has 2 unspecified atom stereocenters. The number of carbonyl (C=O) groups excluding carboxylic acids is 1. The van der Waals surface area contributed by atoms with Crippen molar-refractivity contribution in [3.63, 3.8) is 0 Å². The van der Waals surface area contributed by atoms with Crippen LogP contribution in [0.15, 0.2) is 30.3 Å². The van der Waals surface area contributed by atoms with E-state index in [2.05, 4.69) is 0 Å². The molecule has 1 fully saturated rings. The molecule has 2 atom stereocenters. The number of piperidine rings is 1. The largest absolute Gasteiger partial charge is 0.508 e. The molecule has 0 radical (unpaired) electrons. The van der Waals surface area contributed by atoms with Gasteiger partial charge in [-0.1, -0.05) is 19.1 Å². The molecule has 0 spiro atoms. The number of phenols is 1. The second kappa shape index (κ2) is 5.89. The molecule has 0 aliphatic carbocycles. The molecule has 1 aliphatic heterocycles. The van der Waals surface area contributed by atoms with E-state index >= 15 is 0 Å². The van der Waals surface area contributed by atoms with Crippen molar-refractivity contribution in [2.24, 2.45) is 5.92 Å². The fourth-order valence-electron chi connectivity index (χ4n) is 2.19. The van der Waals surface area contributed by atoms with Gasteiger partial charge in [-0.3, -0.25) is 4.79 Å². The Balaban J connectivity index is 1.95. The summed E-state index contributed by atoms with van der Waals surface area (Å²) in [7, 11) is 0. The number of rotatable bonds is 2. The average Bonchev–Trinajstić information content (AvgIpc) is 2.41. The van der Waals surface area contributed by atoms with Crippen molar-refractivity contribution in [2.45, 2.75) is 19.4 Å².